The van der Waals surface area contributed by atoms with Crippen LogP contribution < -0.4 is 0 Å². The van der Waals surface area contributed by atoms with Crippen LogP contribution in [0.5, 0.6) is 0 Å². The molecule has 1 N–H and O–H groups in total. The third kappa shape index (κ3) is 2.22. The van der Waals surface area contributed by atoms with E-state index in [4.69, 9.17) is 9.52 Å². The summed E-state index contributed by atoms with van der Waals surface area (Å²) in [6, 6.07) is 6.86. The van der Waals surface area contributed by atoms with Crippen LogP contribution in [0.2, 0.25) is 0 Å². The van der Waals surface area contributed by atoms with E-state index in [2.05, 4.69) is 4.98 Å². The highest BCUT2D eigenvalue weighted by molar-refractivity contribution is 5.84. The molecule has 4 heteroatoms. The van der Waals surface area contributed by atoms with Crippen molar-refractivity contribution < 1.29 is 14.3 Å². The van der Waals surface area contributed by atoms with Crippen LogP contribution in [-0.2, 0) is 6.42 Å². The summed E-state index contributed by atoms with van der Waals surface area (Å²) in [6.07, 6.45) is 3.96. The summed E-state index contributed by atoms with van der Waals surface area (Å²) in [4.78, 5) is 14.5. The number of hydrogen-bond donors (Lipinski definition) is 1. The number of carboxylic acids is 1. The van der Waals surface area contributed by atoms with Crippen LogP contribution >= 0.6 is 0 Å². The molecule has 0 saturated heterocycles. The Balaban J connectivity index is 2.15. The van der Waals surface area contributed by atoms with Crippen LogP contribution in [0.4, 0.5) is 0 Å². The normalized spacial score (nSPS) is 10.1. The zero-order valence-corrected chi connectivity index (χ0v) is 7.88. The molecule has 2 rings (SSSR count). The second-order valence-corrected chi connectivity index (χ2v) is 3.10. The van der Waals surface area contributed by atoms with Crippen molar-refractivity contribution >= 4 is 5.97 Å². The van der Waals surface area contributed by atoms with E-state index in [1.807, 2.05) is 12.1 Å². The number of carboxylic acid groups (broad SMARTS) is 1. The van der Waals surface area contributed by atoms with Gasteiger partial charge in [0.25, 0.3) is 0 Å². The van der Waals surface area contributed by atoms with Gasteiger partial charge in [-0.1, -0.05) is 0 Å². The number of rotatable bonds is 3. The van der Waals surface area contributed by atoms with Crippen LogP contribution in [0.25, 0.3) is 0 Å². The van der Waals surface area contributed by atoms with E-state index in [-0.39, 0.29) is 5.76 Å². The summed E-state index contributed by atoms with van der Waals surface area (Å²) >= 11 is 0. The van der Waals surface area contributed by atoms with Gasteiger partial charge in [-0.3, -0.25) is 4.98 Å². The Morgan fingerprint density at radius 2 is 2.00 bits per heavy atom. The first-order valence-corrected chi connectivity index (χ1v) is 4.46. The minimum Gasteiger partial charge on any atom is -0.475 e. The lowest BCUT2D eigenvalue weighted by Crippen LogP contribution is -1.92. The molecule has 2 aromatic rings. The Bertz CT molecular complexity index is 462. The first kappa shape index (κ1) is 9.45. The molecule has 0 atom stereocenters. The standard InChI is InChI=1S/C11H9NO3/c13-11(14)10-2-1-9(15-10)7-8-3-5-12-6-4-8/h1-6H,7H2,(H,13,14). The van der Waals surface area contributed by atoms with Crippen LogP contribution in [0.1, 0.15) is 21.9 Å². The molecule has 0 aliphatic heterocycles. The van der Waals surface area contributed by atoms with E-state index in [9.17, 15) is 4.79 Å². The molecule has 76 valence electrons. The maximum atomic E-state index is 10.6. The fourth-order valence-electron chi connectivity index (χ4n) is 1.29. The van der Waals surface area contributed by atoms with Gasteiger partial charge in [0.05, 0.1) is 0 Å². The molecule has 0 bridgehead atoms. The van der Waals surface area contributed by atoms with Crippen LogP contribution in [-0.4, -0.2) is 16.1 Å². The smallest absolute Gasteiger partial charge is 0.371 e. The molecule has 2 aromatic heterocycles. The number of aromatic nitrogens is 1. The molecule has 0 aromatic carbocycles. The van der Waals surface area contributed by atoms with Gasteiger partial charge in [0.15, 0.2) is 0 Å². The third-order valence-electron chi connectivity index (χ3n) is 2.00. The SMILES string of the molecule is O=C(O)c1ccc(Cc2ccncc2)o1. The van der Waals surface area contributed by atoms with Crippen molar-refractivity contribution in [1.82, 2.24) is 4.98 Å². The fraction of sp³-hybridized carbons (Fsp3) is 0.0909. The van der Waals surface area contributed by atoms with Gasteiger partial charge < -0.3 is 9.52 Å². The monoisotopic (exact) mass is 203 g/mol. The Morgan fingerprint density at radius 1 is 1.27 bits per heavy atom. The molecule has 15 heavy (non-hydrogen) atoms. The second-order valence-electron chi connectivity index (χ2n) is 3.10. The molecule has 0 radical (unpaired) electrons. The number of nitrogens with zero attached hydrogens (tertiary/aromatic N) is 1. The highest BCUT2D eigenvalue weighted by Crippen LogP contribution is 2.12. The number of hydrogen-bond acceptors (Lipinski definition) is 3. The first-order chi connectivity index (χ1) is 7.25. The molecule has 0 saturated carbocycles. The predicted molar refractivity (Wildman–Crippen MR) is 52.7 cm³/mol. The number of furan rings is 1. The van der Waals surface area contributed by atoms with Gasteiger partial charge in [0.2, 0.25) is 5.76 Å². The van der Waals surface area contributed by atoms with Crippen molar-refractivity contribution in [2.75, 3.05) is 0 Å². The first-order valence-electron chi connectivity index (χ1n) is 4.46. The van der Waals surface area contributed by atoms with Crippen LogP contribution in [0, 0.1) is 0 Å². The number of pyridine rings is 1. The summed E-state index contributed by atoms with van der Waals surface area (Å²) in [6.45, 7) is 0. The van der Waals surface area contributed by atoms with E-state index in [1.54, 1.807) is 18.5 Å². The Labute approximate surface area is 86.2 Å². The summed E-state index contributed by atoms with van der Waals surface area (Å²) in [5, 5.41) is 8.66. The molecule has 0 aliphatic carbocycles. The van der Waals surface area contributed by atoms with E-state index in [0.717, 1.165) is 5.56 Å². The Hall–Kier alpha value is -2.10. The van der Waals surface area contributed by atoms with E-state index in [1.165, 1.54) is 6.07 Å². The predicted octanol–water partition coefficient (Wildman–Crippen LogP) is 1.96. The summed E-state index contributed by atoms with van der Waals surface area (Å²) < 4.78 is 5.13. The van der Waals surface area contributed by atoms with Crippen molar-refractivity contribution in [1.29, 1.82) is 0 Å². The quantitative estimate of drug-likeness (QED) is 0.828. The molecular weight excluding hydrogens is 194 g/mol. The van der Waals surface area contributed by atoms with Crippen molar-refractivity contribution in [3.63, 3.8) is 0 Å². The molecule has 2 heterocycles. The molecule has 0 unspecified atom stereocenters. The zero-order valence-electron chi connectivity index (χ0n) is 7.88. The van der Waals surface area contributed by atoms with Gasteiger partial charge in [-0.25, -0.2) is 4.79 Å². The topological polar surface area (TPSA) is 63.3 Å². The lowest BCUT2D eigenvalue weighted by atomic mass is 10.2. The lowest BCUT2D eigenvalue weighted by molar-refractivity contribution is 0.0660. The van der Waals surface area contributed by atoms with Gasteiger partial charge in [0, 0.05) is 18.8 Å². The van der Waals surface area contributed by atoms with Crippen molar-refractivity contribution in [3.8, 4) is 0 Å². The van der Waals surface area contributed by atoms with Crippen molar-refractivity contribution in [2.24, 2.45) is 0 Å². The van der Waals surface area contributed by atoms with Crippen molar-refractivity contribution in [3.05, 3.63) is 53.7 Å². The van der Waals surface area contributed by atoms with Gasteiger partial charge in [-0.05, 0) is 29.8 Å². The number of aromatic carboxylic acids is 1. The summed E-state index contributed by atoms with van der Waals surface area (Å²) in [7, 11) is 0. The van der Waals surface area contributed by atoms with E-state index < -0.39 is 5.97 Å². The van der Waals surface area contributed by atoms with Gasteiger partial charge in [0.1, 0.15) is 5.76 Å². The Morgan fingerprint density at radius 3 is 2.60 bits per heavy atom. The third-order valence-corrected chi connectivity index (χ3v) is 2.00. The summed E-state index contributed by atoms with van der Waals surface area (Å²) in [5.41, 5.74) is 1.04. The fourth-order valence-corrected chi connectivity index (χ4v) is 1.29. The lowest BCUT2D eigenvalue weighted by Gasteiger charge is -1.96. The molecule has 0 spiro atoms. The minimum absolute atomic E-state index is 0.0287. The second kappa shape index (κ2) is 3.96. The molecule has 0 aliphatic rings. The van der Waals surface area contributed by atoms with Crippen molar-refractivity contribution in [2.45, 2.75) is 6.42 Å². The van der Waals surface area contributed by atoms with E-state index in [0.29, 0.717) is 12.2 Å². The highest BCUT2D eigenvalue weighted by Gasteiger charge is 2.08. The maximum absolute atomic E-state index is 10.6. The average molecular weight is 203 g/mol. The average Bonchev–Trinajstić information content (AvgIpc) is 2.68. The van der Waals surface area contributed by atoms with E-state index >= 15 is 0 Å². The zero-order chi connectivity index (χ0) is 10.7. The highest BCUT2D eigenvalue weighted by atomic mass is 16.4. The summed E-state index contributed by atoms with van der Waals surface area (Å²) in [5.74, 6) is -0.436. The molecule has 4 nitrogen and oxygen atoms in total. The van der Waals surface area contributed by atoms with Crippen LogP contribution in [0.15, 0.2) is 41.1 Å². The molecular formula is C11H9NO3. The van der Waals surface area contributed by atoms with Gasteiger partial charge >= 0.3 is 5.97 Å². The molecule has 0 amide bonds. The Kier molecular flexibility index (Phi) is 2.49. The van der Waals surface area contributed by atoms with Gasteiger partial charge in [-0.15, -0.1) is 0 Å². The largest absolute Gasteiger partial charge is 0.475 e. The minimum atomic E-state index is -1.05. The number of carbonyl (C=O) groups is 1. The van der Waals surface area contributed by atoms with Gasteiger partial charge in [-0.2, -0.15) is 0 Å². The van der Waals surface area contributed by atoms with Crippen LogP contribution in [0.3, 0.4) is 0 Å². The molecule has 0 fully saturated rings. The maximum Gasteiger partial charge on any atom is 0.371 e.